The molecule has 5 heteroatoms. The van der Waals surface area contributed by atoms with Gasteiger partial charge in [0.15, 0.2) is 5.76 Å². The Bertz CT molecular complexity index is 365. The predicted octanol–water partition coefficient (Wildman–Crippen LogP) is 1.44. The van der Waals surface area contributed by atoms with Gasteiger partial charge in [-0.05, 0) is 19.9 Å². The number of amides is 1. The number of halogens is 1. The summed E-state index contributed by atoms with van der Waals surface area (Å²) in [6.07, 6.45) is 1.56. The normalized spacial score (nSPS) is 20.4. The van der Waals surface area contributed by atoms with Crippen molar-refractivity contribution in [2.45, 2.75) is 19.9 Å². The Morgan fingerprint density at radius 1 is 1.62 bits per heavy atom. The van der Waals surface area contributed by atoms with Crippen LogP contribution in [0.5, 0.6) is 0 Å². The number of rotatable bonds is 1. The number of aryl methyl sites for hydroxylation is 1. The van der Waals surface area contributed by atoms with Crippen molar-refractivity contribution in [3.63, 3.8) is 0 Å². The third-order valence-corrected chi connectivity index (χ3v) is 2.71. The fourth-order valence-electron chi connectivity index (χ4n) is 1.85. The Balaban J connectivity index is 0.00000128. The topological polar surface area (TPSA) is 45.5 Å². The van der Waals surface area contributed by atoms with Gasteiger partial charge in [0, 0.05) is 31.2 Å². The quantitative estimate of drug-likeness (QED) is 0.813. The monoisotopic (exact) mass is 244 g/mol. The van der Waals surface area contributed by atoms with Crippen molar-refractivity contribution in [1.29, 1.82) is 0 Å². The molecule has 0 saturated carbocycles. The summed E-state index contributed by atoms with van der Waals surface area (Å²) >= 11 is 0. The summed E-state index contributed by atoms with van der Waals surface area (Å²) in [5.74, 6) is 0.481. The van der Waals surface area contributed by atoms with E-state index in [2.05, 4.69) is 12.2 Å². The second-order valence-corrected chi connectivity index (χ2v) is 4.04. The van der Waals surface area contributed by atoms with E-state index in [1.54, 1.807) is 6.26 Å². The first kappa shape index (κ1) is 13.1. The highest BCUT2D eigenvalue weighted by atomic mass is 35.5. The van der Waals surface area contributed by atoms with Gasteiger partial charge in [-0.1, -0.05) is 0 Å². The second-order valence-electron chi connectivity index (χ2n) is 4.04. The Hall–Kier alpha value is -1.00. The summed E-state index contributed by atoms with van der Waals surface area (Å²) in [5.41, 5.74) is 0.909. The van der Waals surface area contributed by atoms with E-state index in [0.717, 1.165) is 25.2 Å². The maximum absolute atomic E-state index is 12.0. The van der Waals surface area contributed by atoms with Gasteiger partial charge in [0.25, 0.3) is 5.91 Å². The zero-order chi connectivity index (χ0) is 10.8. The number of furan rings is 1. The third kappa shape index (κ3) is 2.57. The molecule has 0 unspecified atom stereocenters. The summed E-state index contributed by atoms with van der Waals surface area (Å²) in [6.45, 7) is 6.33. The van der Waals surface area contributed by atoms with Crippen LogP contribution in [0, 0.1) is 6.92 Å². The largest absolute Gasteiger partial charge is 0.459 e. The van der Waals surface area contributed by atoms with Crippen molar-refractivity contribution in [2.24, 2.45) is 0 Å². The van der Waals surface area contributed by atoms with E-state index >= 15 is 0 Å². The van der Waals surface area contributed by atoms with E-state index in [1.807, 2.05) is 17.9 Å². The second kappa shape index (κ2) is 5.37. The van der Waals surface area contributed by atoms with Gasteiger partial charge < -0.3 is 14.6 Å². The number of hydrogen-bond acceptors (Lipinski definition) is 3. The van der Waals surface area contributed by atoms with Gasteiger partial charge in [-0.2, -0.15) is 0 Å². The third-order valence-electron chi connectivity index (χ3n) is 2.71. The van der Waals surface area contributed by atoms with Crippen molar-refractivity contribution in [3.05, 3.63) is 23.7 Å². The maximum atomic E-state index is 12.0. The van der Waals surface area contributed by atoms with E-state index in [-0.39, 0.29) is 18.3 Å². The molecule has 1 aliphatic rings. The minimum atomic E-state index is 0. The van der Waals surface area contributed by atoms with E-state index < -0.39 is 0 Å². The van der Waals surface area contributed by atoms with Gasteiger partial charge in [-0.25, -0.2) is 0 Å². The molecule has 1 amide bonds. The lowest BCUT2D eigenvalue weighted by atomic mass is 10.2. The van der Waals surface area contributed by atoms with E-state index in [1.165, 1.54) is 0 Å². The average Bonchev–Trinajstić information content (AvgIpc) is 2.63. The first-order chi connectivity index (χ1) is 7.18. The van der Waals surface area contributed by atoms with Crippen LogP contribution < -0.4 is 5.32 Å². The molecule has 0 bridgehead atoms. The van der Waals surface area contributed by atoms with E-state index in [4.69, 9.17) is 4.42 Å². The van der Waals surface area contributed by atoms with Crippen LogP contribution in [-0.2, 0) is 0 Å². The number of carbonyl (C=O) groups is 1. The average molecular weight is 245 g/mol. The molecule has 1 N–H and O–H groups in total. The molecule has 4 nitrogen and oxygen atoms in total. The van der Waals surface area contributed by atoms with Gasteiger partial charge in [-0.15, -0.1) is 12.4 Å². The lowest BCUT2D eigenvalue weighted by molar-refractivity contribution is 0.0676. The van der Waals surface area contributed by atoms with Gasteiger partial charge in [-0.3, -0.25) is 4.79 Å². The standard InChI is InChI=1S/C11H16N2O2.ClH/c1-8-3-6-15-10(8)11(14)13-5-4-12-9(2)7-13;/h3,6,9,12H,4-5,7H2,1-2H3;1H/t9-;/m0./s1. The summed E-state index contributed by atoms with van der Waals surface area (Å²) < 4.78 is 5.20. The highest BCUT2D eigenvalue weighted by Crippen LogP contribution is 2.13. The maximum Gasteiger partial charge on any atom is 0.289 e. The summed E-state index contributed by atoms with van der Waals surface area (Å²) in [4.78, 5) is 13.9. The lowest BCUT2D eigenvalue weighted by Crippen LogP contribution is -2.51. The van der Waals surface area contributed by atoms with Crippen LogP contribution in [0.2, 0.25) is 0 Å². The number of nitrogens with zero attached hydrogens (tertiary/aromatic N) is 1. The van der Waals surface area contributed by atoms with Crippen molar-refractivity contribution < 1.29 is 9.21 Å². The summed E-state index contributed by atoms with van der Waals surface area (Å²) in [6, 6.07) is 2.18. The van der Waals surface area contributed by atoms with Crippen molar-refractivity contribution in [1.82, 2.24) is 10.2 Å². The molecule has 1 aromatic heterocycles. The fourth-order valence-corrected chi connectivity index (χ4v) is 1.85. The number of piperazine rings is 1. The highest BCUT2D eigenvalue weighted by molar-refractivity contribution is 5.92. The molecule has 1 atom stereocenters. The van der Waals surface area contributed by atoms with Crippen LogP contribution in [0.1, 0.15) is 23.0 Å². The van der Waals surface area contributed by atoms with Crippen LogP contribution in [0.25, 0.3) is 0 Å². The number of carbonyl (C=O) groups excluding carboxylic acids is 1. The first-order valence-electron chi connectivity index (χ1n) is 5.25. The Morgan fingerprint density at radius 3 is 2.94 bits per heavy atom. The molecule has 90 valence electrons. The molecular weight excluding hydrogens is 228 g/mol. The van der Waals surface area contributed by atoms with Crippen molar-refractivity contribution in [3.8, 4) is 0 Å². The van der Waals surface area contributed by atoms with Crippen LogP contribution in [0.3, 0.4) is 0 Å². The van der Waals surface area contributed by atoms with Gasteiger partial charge in [0.1, 0.15) is 0 Å². The SMILES string of the molecule is Cc1ccoc1C(=O)N1CCN[C@@H](C)C1.Cl. The van der Waals surface area contributed by atoms with Gasteiger partial charge >= 0.3 is 0 Å². The molecule has 0 radical (unpaired) electrons. The van der Waals surface area contributed by atoms with Gasteiger partial charge in [0.2, 0.25) is 0 Å². The van der Waals surface area contributed by atoms with E-state index in [9.17, 15) is 4.79 Å². The number of hydrogen-bond donors (Lipinski definition) is 1. The minimum Gasteiger partial charge on any atom is -0.459 e. The molecule has 1 aromatic rings. The molecule has 1 saturated heterocycles. The van der Waals surface area contributed by atoms with E-state index in [0.29, 0.717) is 11.8 Å². The lowest BCUT2D eigenvalue weighted by Gasteiger charge is -2.31. The van der Waals surface area contributed by atoms with Crippen LogP contribution in [0.15, 0.2) is 16.7 Å². The van der Waals surface area contributed by atoms with Crippen LogP contribution in [0.4, 0.5) is 0 Å². The summed E-state index contributed by atoms with van der Waals surface area (Å²) in [7, 11) is 0. The molecule has 2 heterocycles. The zero-order valence-corrected chi connectivity index (χ0v) is 10.3. The molecule has 0 aromatic carbocycles. The smallest absolute Gasteiger partial charge is 0.289 e. The Labute approximate surface area is 101 Å². The molecule has 16 heavy (non-hydrogen) atoms. The van der Waals surface area contributed by atoms with Crippen molar-refractivity contribution in [2.75, 3.05) is 19.6 Å². The van der Waals surface area contributed by atoms with Crippen LogP contribution >= 0.6 is 12.4 Å². The molecule has 0 spiro atoms. The fraction of sp³-hybridized carbons (Fsp3) is 0.545. The van der Waals surface area contributed by atoms with Gasteiger partial charge in [0.05, 0.1) is 6.26 Å². The van der Waals surface area contributed by atoms with Crippen LogP contribution in [-0.4, -0.2) is 36.5 Å². The molecule has 1 aliphatic heterocycles. The molecular formula is C11H17ClN2O2. The molecule has 0 aliphatic carbocycles. The Kier molecular flexibility index (Phi) is 4.38. The minimum absolute atomic E-state index is 0. The zero-order valence-electron chi connectivity index (χ0n) is 9.53. The Morgan fingerprint density at radius 2 is 2.38 bits per heavy atom. The highest BCUT2D eigenvalue weighted by Gasteiger charge is 2.24. The molecule has 2 rings (SSSR count). The first-order valence-corrected chi connectivity index (χ1v) is 5.25. The predicted molar refractivity (Wildman–Crippen MR) is 64.1 cm³/mol. The summed E-state index contributed by atoms with van der Waals surface area (Å²) in [5, 5.41) is 3.30. The molecule has 1 fully saturated rings. The van der Waals surface area contributed by atoms with Crippen molar-refractivity contribution >= 4 is 18.3 Å². The number of nitrogens with one attached hydrogen (secondary N) is 1.